The van der Waals surface area contributed by atoms with E-state index in [0.29, 0.717) is 11.6 Å². The number of likely N-dealkylation sites (N-methyl/N-ethyl adjacent to an activating group) is 1. The topological polar surface area (TPSA) is 28.2 Å². The van der Waals surface area contributed by atoms with Crippen molar-refractivity contribution >= 4 is 0 Å². The standard InChI is InChI=1S/C15H23N3/c1-18(2)15(8-4-9-15)11-17-13-7-6-12-5-3-10-16-14(12)13/h3,5,10,13,17H,4,6-9,11H2,1-2H3. The summed E-state index contributed by atoms with van der Waals surface area (Å²) in [7, 11) is 4.42. The number of aromatic nitrogens is 1. The van der Waals surface area contributed by atoms with Crippen LogP contribution < -0.4 is 5.32 Å². The van der Waals surface area contributed by atoms with E-state index in [9.17, 15) is 0 Å². The molecule has 18 heavy (non-hydrogen) atoms. The zero-order valence-electron chi connectivity index (χ0n) is 11.4. The lowest BCUT2D eigenvalue weighted by atomic mass is 9.75. The highest BCUT2D eigenvalue weighted by Gasteiger charge is 2.39. The minimum absolute atomic E-state index is 0.400. The summed E-state index contributed by atoms with van der Waals surface area (Å²) in [6, 6.07) is 4.74. The molecule has 0 radical (unpaired) electrons. The van der Waals surface area contributed by atoms with Crippen LogP contribution in [-0.4, -0.2) is 36.1 Å². The summed E-state index contributed by atoms with van der Waals surface area (Å²) in [6.45, 7) is 1.10. The molecule has 1 fully saturated rings. The van der Waals surface area contributed by atoms with Gasteiger partial charge in [-0.3, -0.25) is 4.98 Å². The lowest BCUT2D eigenvalue weighted by Crippen LogP contribution is -2.56. The Kier molecular flexibility index (Phi) is 3.12. The Morgan fingerprint density at radius 3 is 2.94 bits per heavy atom. The van der Waals surface area contributed by atoms with Gasteiger partial charge in [0.2, 0.25) is 0 Å². The number of fused-ring (bicyclic) bond motifs is 1. The lowest BCUT2D eigenvalue weighted by molar-refractivity contribution is 0.0569. The smallest absolute Gasteiger partial charge is 0.0605 e. The average Bonchev–Trinajstić information content (AvgIpc) is 2.71. The molecule has 1 heterocycles. The molecular formula is C15H23N3. The molecule has 1 saturated carbocycles. The summed E-state index contributed by atoms with van der Waals surface area (Å²) in [6.07, 6.45) is 8.33. The summed E-state index contributed by atoms with van der Waals surface area (Å²) in [5.41, 5.74) is 3.12. The second-order valence-corrected chi connectivity index (χ2v) is 5.99. The highest BCUT2D eigenvalue weighted by molar-refractivity contribution is 5.28. The van der Waals surface area contributed by atoms with Gasteiger partial charge in [0.15, 0.2) is 0 Å². The molecule has 3 rings (SSSR count). The molecular weight excluding hydrogens is 222 g/mol. The largest absolute Gasteiger partial charge is 0.307 e. The van der Waals surface area contributed by atoms with Gasteiger partial charge in [-0.1, -0.05) is 6.07 Å². The Morgan fingerprint density at radius 1 is 1.44 bits per heavy atom. The van der Waals surface area contributed by atoms with Crippen LogP contribution in [0.15, 0.2) is 18.3 Å². The van der Waals surface area contributed by atoms with Crippen LogP contribution in [0.25, 0.3) is 0 Å². The fourth-order valence-corrected chi connectivity index (χ4v) is 3.29. The van der Waals surface area contributed by atoms with E-state index in [0.717, 1.165) is 6.54 Å². The number of rotatable bonds is 4. The van der Waals surface area contributed by atoms with E-state index in [1.807, 2.05) is 6.20 Å². The van der Waals surface area contributed by atoms with Crippen LogP contribution in [0.2, 0.25) is 0 Å². The van der Waals surface area contributed by atoms with Crippen molar-refractivity contribution in [2.75, 3.05) is 20.6 Å². The van der Waals surface area contributed by atoms with Crippen molar-refractivity contribution in [2.24, 2.45) is 0 Å². The van der Waals surface area contributed by atoms with E-state index >= 15 is 0 Å². The van der Waals surface area contributed by atoms with E-state index in [1.54, 1.807) is 0 Å². The zero-order chi connectivity index (χ0) is 12.6. The summed E-state index contributed by atoms with van der Waals surface area (Å²) in [4.78, 5) is 6.95. The molecule has 0 spiro atoms. The van der Waals surface area contributed by atoms with E-state index in [2.05, 4.69) is 41.4 Å². The van der Waals surface area contributed by atoms with E-state index < -0.39 is 0 Å². The quantitative estimate of drug-likeness (QED) is 0.881. The molecule has 2 aliphatic rings. The third-order valence-corrected chi connectivity index (χ3v) is 4.87. The SMILES string of the molecule is CN(C)C1(CNC2CCc3cccnc32)CCC1. The van der Waals surface area contributed by atoms with E-state index in [4.69, 9.17) is 0 Å². The third kappa shape index (κ3) is 1.95. The second-order valence-electron chi connectivity index (χ2n) is 5.99. The van der Waals surface area contributed by atoms with Gasteiger partial charge in [-0.15, -0.1) is 0 Å². The monoisotopic (exact) mass is 245 g/mol. The minimum atomic E-state index is 0.400. The first-order chi connectivity index (χ1) is 8.71. The molecule has 2 aliphatic carbocycles. The minimum Gasteiger partial charge on any atom is -0.307 e. The van der Waals surface area contributed by atoms with Gasteiger partial charge in [-0.2, -0.15) is 0 Å². The normalized spacial score (nSPS) is 24.9. The summed E-state index contributed by atoms with van der Waals surface area (Å²) in [5.74, 6) is 0. The van der Waals surface area contributed by atoms with Crippen LogP contribution in [0.1, 0.15) is 43.0 Å². The van der Waals surface area contributed by atoms with Gasteiger partial charge in [0.1, 0.15) is 0 Å². The van der Waals surface area contributed by atoms with Crippen molar-refractivity contribution in [3.63, 3.8) is 0 Å². The Labute approximate surface area is 110 Å². The molecule has 98 valence electrons. The summed E-state index contributed by atoms with van der Waals surface area (Å²) >= 11 is 0. The molecule has 1 N–H and O–H groups in total. The van der Waals surface area contributed by atoms with Gasteiger partial charge < -0.3 is 10.2 Å². The maximum absolute atomic E-state index is 4.55. The predicted molar refractivity (Wildman–Crippen MR) is 73.6 cm³/mol. The third-order valence-electron chi connectivity index (χ3n) is 4.87. The van der Waals surface area contributed by atoms with Crippen molar-refractivity contribution in [1.82, 2.24) is 15.2 Å². The highest BCUT2D eigenvalue weighted by atomic mass is 15.2. The van der Waals surface area contributed by atoms with Crippen molar-refractivity contribution < 1.29 is 0 Å². The van der Waals surface area contributed by atoms with Crippen LogP contribution >= 0.6 is 0 Å². The molecule has 1 aromatic rings. The van der Waals surface area contributed by atoms with Crippen LogP contribution in [0.5, 0.6) is 0 Å². The Balaban J connectivity index is 1.65. The molecule has 3 heteroatoms. The van der Waals surface area contributed by atoms with Gasteiger partial charge in [0.05, 0.1) is 11.7 Å². The van der Waals surface area contributed by atoms with E-state index in [-0.39, 0.29) is 0 Å². The maximum Gasteiger partial charge on any atom is 0.0605 e. The molecule has 0 aliphatic heterocycles. The maximum atomic E-state index is 4.55. The number of nitrogens with zero attached hydrogens (tertiary/aromatic N) is 2. The molecule has 1 atom stereocenters. The first-order valence-electron chi connectivity index (χ1n) is 7.06. The fourth-order valence-electron chi connectivity index (χ4n) is 3.29. The molecule has 0 bridgehead atoms. The van der Waals surface area contributed by atoms with Gasteiger partial charge >= 0.3 is 0 Å². The lowest BCUT2D eigenvalue weighted by Gasteiger charge is -2.48. The number of aryl methyl sites for hydroxylation is 1. The first kappa shape index (κ1) is 12.1. The van der Waals surface area contributed by atoms with Gasteiger partial charge in [0.25, 0.3) is 0 Å². The van der Waals surface area contributed by atoms with Gasteiger partial charge in [-0.25, -0.2) is 0 Å². The van der Waals surface area contributed by atoms with Gasteiger partial charge in [-0.05, 0) is 57.8 Å². The highest BCUT2D eigenvalue weighted by Crippen LogP contribution is 2.37. The molecule has 1 aromatic heterocycles. The number of hydrogen-bond donors (Lipinski definition) is 1. The molecule has 0 amide bonds. The number of hydrogen-bond acceptors (Lipinski definition) is 3. The Morgan fingerprint density at radius 2 is 2.28 bits per heavy atom. The number of nitrogens with one attached hydrogen (secondary N) is 1. The summed E-state index contributed by atoms with van der Waals surface area (Å²) in [5, 5.41) is 3.76. The molecule has 3 nitrogen and oxygen atoms in total. The second kappa shape index (κ2) is 4.63. The van der Waals surface area contributed by atoms with Crippen LogP contribution in [0, 0.1) is 0 Å². The first-order valence-corrected chi connectivity index (χ1v) is 7.06. The van der Waals surface area contributed by atoms with Gasteiger partial charge in [0, 0.05) is 18.3 Å². The molecule has 0 aromatic carbocycles. The Bertz CT molecular complexity index is 424. The molecule has 1 unspecified atom stereocenters. The van der Waals surface area contributed by atoms with E-state index in [1.165, 1.54) is 43.4 Å². The van der Waals surface area contributed by atoms with Crippen molar-refractivity contribution in [1.29, 1.82) is 0 Å². The van der Waals surface area contributed by atoms with Crippen molar-refractivity contribution in [3.05, 3.63) is 29.6 Å². The van der Waals surface area contributed by atoms with Crippen LogP contribution in [-0.2, 0) is 6.42 Å². The number of pyridine rings is 1. The van der Waals surface area contributed by atoms with Crippen molar-refractivity contribution in [3.8, 4) is 0 Å². The predicted octanol–water partition coefficient (Wildman–Crippen LogP) is 2.14. The van der Waals surface area contributed by atoms with Crippen LogP contribution in [0.3, 0.4) is 0 Å². The van der Waals surface area contributed by atoms with Crippen molar-refractivity contribution in [2.45, 2.75) is 43.7 Å². The Hall–Kier alpha value is -0.930. The summed E-state index contributed by atoms with van der Waals surface area (Å²) < 4.78 is 0. The molecule has 0 saturated heterocycles. The average molecular weight is 245 g/mol. The fraction of sp³-hybridized carbons (Fsp3) is 0.667. The zero-order valence-corrected chi connectivity index (χ0v) is 11.4. The van der Waals surface area contributed by atoms with Crippen LogP contribution in [0.4, 0.5) is 0 Å².